The fourth-order valence-electron chi connectivity index (χ4n) is 9.21. The van der Waals surface area contributed by atoms with Crippen LogP contribution in [0.3, 0.4) is 0 Å². The number of fused-ring (bicyclic) bond motifs is 6. The Labute approximate surface area is 398 Å². The first-order valence-corrected chi connectivity index (χ1v) is 22.2. The van der Waals surface area contributed by atoms with Gasteiger partial charge in [0.1, 0.15) is 0 Å². The summed E-state index contributed by atoms with van der Waals surface area (Å²) in [6, 6.07) is 64.0. The number of hydrogen-bond acceptors (Lipinski definition) is 6. The van der Waals surface area contributed by atoms with Gasteiger partial charge in [-0.2, -0.15) is 9.97 Å². The van der Waals surface area contributed by atoms with E-state index in [0.717, 1.165) is 60.3 Å². The predicted molar refractivity (Wildman–Crippen MR) is 275 cm³/mol. The lowest BCUT2D eigenvalue weighted by atomic mass is 10.0. The van der Waals surface area contributed by atoms with Crippen LogP contribution in [0.5, 0.6) is 0 Å². The highest BCUT2D eigenvalue weighted by atomic mass is 15.2. The predicted octanol–water partition coefficient (Wildman–Crippen LogP) is 14.3. The van der Waals surface area contributed by atoms with Crippen LogP contribution >= 0.6 is 0 Å². The van der Waals surface area contributed by atoms with Crippen molar-refractivity contribution in [2.24, 2.45) is 0 Å². The van der Waals surface area contributed by atoms with Gasteiger partial charge in [-0.25, -0.2) is 19.9 Å². The molecule has 13 aromatic rings. The molecule has 0 atom stereocenters. The van der Waals surface area contributed by atoms with Crippen LogP contribution in [0, 0.1) is 0 Å². The molecule has 8 nitrogen and oxygen atoms in total. The number of aromatic nitrogens is 8. The van der Waals surface area contributed by atoms with Gasteiger partial charge >= 0.3 is 0 Å². The van der Waals surface area contributed by atoms with Crippen molar-refractivity contribution in [1.29, 1.82) is 0 Å². The van der Waals surface area contributed by atoms with Gasteiger partial charge in [0.25, 0.3) is 0 Å². The van der Waals surface area contributed by atoms with Crippen molar-refractivity contribution in [2.45, 2.75) is 0 Å². The highest BCUT2D eigenvalue weighted by Crippen LogP contribution is 2.40. The Hall–Kier alpha value is -9.40. The second kappa shape index (κ2) is 16.2. The van der Waals surface area contributed by atoms with Crippen LogP contribution in [0.25, 0.3) is 123 Å². The summed E-state index contributed by atoms with van der Waals surface area (Å²) in [5.74, 6) is 2.71. The third kappa shape index (κ3) is 6.70. The van der Waals surface area contributed by atoms with E-state index in [1.165, 1.54) is 0 Å². The molecule has 0 aliphatic carbocycles. The van der Waals surface area contributed by atoms with Gasteiger partial charge in [-0.1, -0.05) is 188 Å². The van der Waals surface area contributed by atoms with Crippen LogP contribution in [0.2, 0.25) is 0 Å². The van der Waals surface area contributed by atoms with Crippen LogP contribution in [0.15, 0.2) is 230 Å². The average molecular weight is 876 g/mol. The van der Waals surface area contributed by atoms with Crippen molar-refractivity contribution < 1.29 is 6.85 Å². The quantitative estimate of drug-likeness (QED) is 0.151. The van der Waals surface area contributed by atoms with Gasteiger partial charge in [0.05, 0.1) is 34.6 Å². The first-order valence-electron chi connectivity index (χ1n) is 24.7. The molecule has 0 amide bonds. The normalized spacial score (nSPS) is 12.6. The second-order valence-corrected chi connectivity index (χ2v) is 16.4. The number of rotatable bonds is 8. The molecule has 8 heteroatoms. The lowest BCUT2D eigenvalue weighted by molar-refractivity contribution is 0.953. The average Bonchev–Trinajstić information content (AvgIpc) is 3.97. The zero-order valence-electron chi connectivity index (χ0n) is 41.1. The van der Waals surface area contributed by atoms with Gasteiger partial charge in [0.2, 0.25) is 5.95 Å². The van der Waals surface area contributed by atoms with Crippen LogP contribution < -0.4 is 0 Å². The lowest BCUT2D eigenvalue weighted by Crippen LogP contribution is -2.07. The Bertz CT molecular complexity index is 4190. The van der Waals surface area contributed by atoms with Gasteiger partial charge < -0.3 is 4.57 Å². The second-order valence-electron chi connectivity index (χ2n) is 16.4. The van der Waals surface area contributed by atoms with Crippen LogP contribution in [-0.2, 0) is 0 Å². The molecule has 0 radical (unpaired) electrons. The SMILES string of the molecule is [2H]c1c([2H])c([2H])c(-c2ccc3c4ccccc4n(-c4ccc(-c5nc(-c6ccccc6)nc(-n6c7ccccc7c7ccccc76)n5)cc4-c4nc(-c5ccccc5)nc(-c5ccccc5)n4)c3c2)c([2H])c1[2H]. The lowest BCUT2D eigenvalue weighted by Gasteiger charge is -2.17. The molecule has 0 saturated heterocycles. The molecule has 0 aliphatic heterocycles. The smallest absolute Gasteiger partial charge is 0.238 e. The first kappa shape index (κ1) is 34.0. The number of hydrogen-bond donors (Lipinski definition) is 0. The molecular weight excluding hydrogens is 833 g/mol. The molecule has 0 bridgehead atoms. The van der Waals surface area contributed by atoms with Crippen molar-refractivity contribution in [1.82, 2.24) is 39.0 Å². The number of para-hydroxylation sites is 3. The largest absolute Gasteiger partial charge is 0.308 e. The number of nitrogens with zero attached hydrogens (tertiary/aromatic N) is 8. The van der Waals surface area contributed by atoms with E-state index in [0.29, 0.717) is 57.4 Å². The maximum absolute atomic E-state index is 8.93. The van der Waals surface area contributed by atoms with E-state index in [4.69, 9.17) is 36.8 Å². The minimum absolute atomic E-state index is 0.112. The summed E-state index contributed by atoms with van der Waals surface area (Å²) < 4.78 is 47.4. The molecule has 4 aromatic heterocycles. The molecule has 0 aliphatic rings. The van der Waals surface area contributed by atoms with Crippen molar-refractivity contribution >= 4 is 43.6 Å². The van der Waals surface area contributed by atoms with Gasteiger partial charge in [0.15, 0.2) is 29.1 Å². The Morgan fingerprint density at radius 3 is 1.26 bits per heavy atom. The van der Waals surface area contributed by atoms with E-state index in [1.54, 1.807) is 0 Å². The summed E-state index contributed by atoms with van der Waals surface area (Å²) in [7, 11) is 0. The Balaban J connectivity index is 1.12. The van der Waals surface area contributed by atoms with E-state index in [-0.39, 0.29) is 17.6 Å². The topological polar surface area (TPSA) is 87.2 Å². The maximum atomic E-state index is 8.93. The van der Waals surface area contributed by atoms with E-state index in [9.17, 15) is 0 Å². The molecule has 4 heterocycles. The summed E-state index contributed by atoms with van der Waals surface area (Å²) in [5, 5.41) is 4.00. The van der Waals surface area contributed by atoms with Gasteiger partial charge in [-0.05, 0) is 53.6 Å². The van der Waals surface area contributed by atoms with Crippen molar-refractivity contribution in [2.75, 3.05) is 0 Å². The molecule has 0 saturated carbocycles. The van der Waals surface area contributed by atoms with E-state index < -0.39 is 18.1 Å². The summed E-state index contributed by atoms with van der Waals surface area (Å²) in [5.41, 5.74) is 8.54. The molecule has 0 fully saturated rings. The third-order valence-electron chi connectivity index (χ3n) is 12.3. The van der Waals surface area contributed by atoms with Crippen molar-refractivity contribution in [3.63, 3.8) is 0 Å². The van der Waals surface area contributed by atoms with Crippen molar-refractivity contribution in [3.8, 4) is 79.7 Å². The summed E-state index contributed by atoms with van der Waals surface area (Å²) in [6.07, 6.45) is 0. The monoisotopic (exact) mass is 875 g/mol. The minimum Gasteiger partial charge on any atom is -0.308 e. The standard InChI is InChI=1S/C60H38N8/c1-5-19-39(20-6-1)43-33-35-48-47-29-13-16-30-50(47)67(54(48)38-43)53-36-34-44(37-49(53)59-63-55(40-21-7-2-8-22-40)61-56(64-59)41-23-9-3-10-24-41)58-62-57(42-25-11-4-12-26-42)65-60(66-58)68-51-31-17-14-27-45(51)46-28-15-18-32-52(46)68/h1-38H/i1D,5D,6D,19D,20D. The van der Waals surface area contributed by atoms with Crippen LogP contribution in [-0.4, -0.2) is 39.0 Å². The van der Waals surface area contributed by atoms with Gasteiger partial charge in [-0.3, -0.25) is 4.57 Å². The summed E-state index contributed by atoms with van der Waals surface area (Å²) in [6.45, 7) is 0. The zero-order valence-corrected chi connectivity index (χ0v) is 36.1. The van der Waals surface area contributed by atoms with Crippen LogP contribution in [0.4, 0.5) is 0 Å². The molecule has 0 N–H and O–H groups in total. The zero-order chi connectivity index (χ0) is 49.3. The first-order chi connectivity index (χ1) is 35.8. The Morgan fingerprint density at radius 1 is 0.294 bits per heavy atom. The Kier molecular flexibility index (Phi) is 8.12. The minimum atomic E-state index is -0.447. The highest BCUT2D eigenvalue weighted by molar-refractivity contribution is 6.11. The Morgan fingerprint density at radius 2 is 0.721 bits per heavy atom. The third-order valence-corrected chi connectivity index (χ3v) is 12.3. The van der Waals surface area contributed by atoms with Gasteiger partial charge in [0, 0.05) is 49.4 Å². The highest BCUT2D eigenvalue weighted by Gasteiger charge is 2.23. The van der Waals surface area contributed by atoms with Gasteiger partial charge in [-0.15, -0.1) is 0 Å². The molecular formula is C60H38N8. The molecule has 9 aromatic carbocycles. The molecule has 0 unspecified atom stereocenters. The van der Waals surface area contributed by atoms with E-state index in [2.05, 4.69) is 39.5 Å². The fourth-order valence-corrected chi connectivity index (χ4v) is 9.21. The van der Waals surface area contributed by atoms with Crippen molar-refractivity contribution in [3.05, 3.63) is 230 Å². The maximum Gasteiger partial charge on any atom is 0.238 e. The summed E-state index contributed by atoms with van der Waals surface area (Å²) >= 11 is 0. The van der Waals surface area contributed by atoms with Crippen LogP contribution in [0.1, 0.15) is 6.85 Å². The molecule has 13 rings (SSSR count). The summed E-state index contributed by atoms with van der Waals surface area (Å²) in [4.78, 5) is 31.3. The molecule has 0 spiro atoms. The molecule has 318 valence electrons. The molecule has 68 heavy (non-hydrogen) atoms. The van der Waals surface area contributed by atoms with E-state index >= 15 is 0 Å². The van der Waals surface area contributed by atoms with E-state index in [1.807, 2.05) is 170 Å². The number of benzene rings is 9. The fraction of sp³-hybridized carbons (Fsp3) is 0.